The van der Waals surface area contributed by atoms with Crippen LogP contribution in [0.3, 0.4) is 0 Å². The van der Waals surface area contributed by atoms with Crippen molar-refractivity contribution in [2.24, 2.45) is 0 Å². The molecule has 0 aliphatic rings. The highest BCUT2D eigenvalue weighted by Crippen LogP contribution is 2.27. The Morgan fingerprint density at radius 3 is 2.77 bits per heavy atom. The van der Waals surface area contributed by atoms with E-state index in [0.717, 1.165) is 5.56 Å². The van der Waals surface area contributed by atoms with E-state index in [-0.39, 0.29) is 12.5 Å². The van der Waals surface area contributed by atoms with Gasteiger partial charge >= 0.3 is 5.97 Å². The molecule has 1 heterocycles. The van der Waals surface area contributed by atoms with Crippen molar-refractivity contribution in [2.75, 3.05) is 7.11 Å². The summed E-state index contributed by atoms with van der Waals surface area (Å²) in [7, 11) is 1.56. The largest absolute Gasteiger partial charge is 0.496 e. The number of esters is 1. The van der Waals surface area contributed by atoms with E-state index >= 15 is 0 Å². The molecule has 1 aromatic heterocycles. The minimum absolute atomic E-state index is 0.131. The molecule has 0 amide bonds. The van der Waals surface area contributed by atoms with E-state index < -0.39 is 5.97 Å². The fourth-order valence-corrected chi connectivity index (χ4v) is 2.40. The second-order valence-corrected chi connectivity index (χ2v) is 5.58. The molecule has 7 heteroatoms. The molecule has 0 N–H and O–H groups in total. The van der Waals surface area contributed by atoms with Crippen LogP contribution in [0, 0.1) is 0 Å². The Balaban J connectivity index is 1.61. The molecule has 3 aromatic rings. The van der Waals surface area contributed by atoms with Crippen LogP contribution in [0.4, 0.5) is 0 Å². The molecule has 0 spiro atoms. The maximum Gasteiger partial charge on any atom is 0.331 e. The monoisotopic (exact) mass is 370 g/mol. The third-order valence-corrected chi connectivity index (χ3v) is 3.80. The number of aromatic nitrogens is 2. The van der Waals surface area contributed by atoms with Gasteiger partial charge in [-0.15, -0.1) is 0 Å². The molecule has 0 unspecified atom stereocenters. The quantitative estimate of drug-likeness (QED) is 0.479. The van der Waals surface area contributed by atoms with Crippen LogP contribution < -0.4 is 4.74 Å². The minimum atomic E-state index is -0.540. The van der Waals surface area contributed by atoms with Gasteiger partial charge in [0.15, 0.2) is 6.61 Å². The average Bonchev–Trinajstić information content (AvgIpc) is 3.14. The van der Waals surface area contributed by atoms with Crippen molar-refractivity contribution in [3.05, 3.63) is 71.1 Å². The summed E-state index contributed by atoms with van der Waals surface area (Å²) in [6, 6.07) is 14.5. The Labute approximate surface area is 155 Å². The summed E-state index contributed by atoms with van der Waals surface area (Å²) < 4.78 is 15.5. The maximum atomic E-state index is 11.8. The standard InChI is InChI=1S/C19H15ClN2O4/c1-24-16-9-5-3-7-14(16)19-21-17(26-22-19)12-25-18(23)11-10-13-6-2-4-8-15(13)20/h2-11H,12H2,1H3/b11-10+. The Morgan fingerprint density at radius 1 is 1.19 bits per heavy atom. The van der Waals surface area contributed by atoms with Gasteiger partial charge in [-0.05, 0) is 29.8 Å². The molecule has 0 aliphatic carbocycles. The number of carbonyl (C=O) groups is 1. The van der Waals surface area contributed by atoms with Gasteiger partial charge in [-0.25, -0.2) is 4.79 Å². The van der Waals surface area contributed by atoms with E-state index in [2.05, 4.69) is 10.1 Å². The molecular weight excluding hydrogens is 356 g/mol. The summed E-state index contributed by atoms with van der Waals surface area (Å²) in [6.45, 7) is -0.131. The molecule has 0 saturated heterocycles. The van der Waals surface area contributed by atoms with Crippen molar-refractivity contribution in [3.8, 4) is 17.1 Å². The lowest BCUT2D eigenvalue weighted by Crippen LogP contribution is -2.01. The number of rotatable bonds is 6. The second kappa shape index (κ2) is 8.31. The number of carbonyl (C=O) groups excluding carboxylic acids is 1. The Morgan fingerprint density at radius 2 is 1.96 bits per heavy atom. The van der Waals surface area contributed by atoms with E-state index in [0.29, 0.717) is 22.2 Å². The number of methoxy groups -OCH3 is 1. The fourth-order valence-electron chi connectivity index (χ4n) is 2.20. The molecule has 3 rings (SSSR count). The summed E-state index contributed by atoms with van der Waals surface area (Å²) in [5.74, 6) is 0.631. The lowest BCUT2D eigenvalue weighted by molar-refractivity contribution is -0.139. The predicted octanol–water partition coefficient (Wildman–Crippen LogP) is 4.16. The Hall–Kier alpha value is -3.12. The fraction of sp³-hybridized carbons (Fsp3) is 0.105. The van der Waals surface area contributed by atoms with Gasteiger partial charge in [-0.3, -0.25) is 0 Å². The van der Waals surface area contributed by atoms with Crippen LogP contribution in [-0.2, 0) is 16.1 Å². The first-order valence-electron chi connectivity index (χ1n) is 7.72. The van der Waals surface area contributed by atoms with Crippen LogP contribution in [-0.4, -0.2) is 23.2 Å². The van der Waals surface area contributed by atoms with Crippen LogP contribution in [0.25, 0.3) is 17.5 Å². The van der Waals surface area contributed by atoms with Gasteiger partial charge < -0.3 is 14.0 Å². The van der Waals surface area contributed by atoms with Gasteiger partial charge in [0.2, 0.25) is 5.82 Å². The van der Waals surface area contributed by atoms with Gasteiger partial charge in [0.1, 0.15) is 5.75 Å². The summed E-state index contributed by atoms with van der Waals surface area (Å²) in [5, 5.41) is 4.44. The van der Waals surface area contributed by atoms with E-state index in [1.165, 1.54) is 6.08 Å². The van der Waals surface area contributed by atoms with Gasteiger partial charge in [-0.1, -0.05) is 47.1 Å². The van der Waals surface area contributed by atoms with Crippen LogP contribution in [0.2, 0.25) is 5.02 Å². The summed E-state index contributed by atoms with van der Waals surface area (Å²) in [4.78, 5) is 16.0. The van der Waals surface area contributed by atoms with Crippen molar-refractivity contribution in [1.29, 1.82) is 0 Å². The van der Waals surface area contributed by atoms with E-state index in [1.807, 2.05) is 30.3 Å². The van der Waals surface area contributed by atoms with E-state index in [9.17, 15) is 4.79 Å². The first-order valence-corrected chi connectivity index (χ1v) is 8.10. The third-order valence-electron chi connectivity index (χ3n) is 3.46. The molecule has 0 aliphatic heterocycles. The molecule has 0 bridgehead atoms. The zero-order chi connectivity index (χ0) is 18.4. The third kappa shape index (κ3) is 4.29. The molecule has 0 saturated carbocycles. The van der Waals surface area contributed by atoms with Crippen molar-refractivity contribution >= 4 is 23.6 Å². The van der Waals surface area contributed by atoms with Gasteiger partial charge in [0.25, 0.3) is 5.89 Å². The first-order chi connectivity index (χ1) is 12.7. The minimum Gasteiger partial charge on any atom is -0.496 e. The normalized spacial score (nSPS) is 10.8. The van der Waals surface area contributed by atoms with Crippen molar-refractivity contribution in [1.82, 2.24) is 10.1 Å². The molecule has 6 nitrogen and oxygen atoms in total. The van der Waals surface area contributed by atoms with Crippen molar-refractivity contribution < 1.29 is 18.8 Å². The SMILES string of the molecule is COc1ccccc1-c1noc(COC(=O)/C=C/c2ccccc2Cl)n1. The van der Waals surface area contributed by atoms with Crippen molar-refractivity contribution in [3.63, 3.8) is 0 Å². The number of halogens is 1. The molecule has 132 valence electrons. The Kier molecular flexibility index (Phi) is 5.66. The molecular formula is C19H15ClN2O4. The second-order valence-electron chi connectivity index (χ2n) is 5.17. The predicted molar refractivity (Wildman–Crippen MR) is 96.6 cm³/mol. The highest BCUT2D eigenvalue weighted by molar-refractivity contribution is 6.32. The summed E-state index contributed by atoms with van der Waals surface area (Å²) in [6.07, 6.45) is 2.87. The molecule has 0 fully saturated rings. The highest BCUT2D eigenvalue weighted by atomic mass is 35.5. The number of hydrogen-bond donors (Lipinski definition) is 0. The summed E-state index contributed by atoms with van der Waals surface area (Å²) in [5.41, 5.74) is 1.41. The first kappa shape index (κ1) is 17.7. The smallest absolute Gasteiger partial charge is 0.331 e. The molecule has 0 radical (unpaired) electrons. The highest BCUT2D eigenvalue weighted by Gasteiger charge is 2.13. The zero-order valence-electron chi connectivity index (χ0n) is 13.9. The number of nitrogens with zero attached hydrogens (tertiary/aromatic N) is 2. The van der Waals surface area contributed by atoms with Gasteiger partial charge in [-0.2, -0.15) is 4.98 Å². The lowest BCUT2D eigenvalue weighted by atomic mass is 10.2. The number of hydrogen-bond acceptors (Lipinski definition) is 6. The van der Waals surface area contributed by atoms with Crippen LogP contribution >= 0.6 is 11.6 Å². The Bertz CT molecular complexity index is 937. The van der Waals surface area contributed by atoms with E-state index in [1.54, 1.807) is 31.4 Å². The average molecular weight is 371 g/mol. The topological polar surface area (TPSA) is 74.5 Å². The molecule has 0 atom stereocenters. The lowest BCUT2D eigenvalue weighted by Gasteiger charge is -2.03. The van der Waals surface area contributed by atoms with Crippen LogP contribution in [0.1, 0.15) is 11.5 Å². The maximum absolute atomic E-state index is 11.8. The molecule has 26 heavy (non-hydrogen) atoms. The van der Waals surface area contributed by atoms with Crippen LogP contribution in [0.5, 0.6) is 5.75 Å². The van der Waals surface area contributed by atoms with Gasteiger partial charge in [0, 0.05) is 11.1 Å². The summed E-state index contributed by atoms with van der Waals surface area (Å²) >= 11 is 6.02. The van der Waals surface area contributed by atoms with E-state index in [4.69, 9.17) is 25.6 Å². The molecule has 2 aromatic carbocycles. The number of ether oxygens (including phenoxy) is 2. The van der Waals surface area contributed by atoms with Crippen molar-refractivity contribution in [2.45, 2.75) is 6.61 Å². The number of para-hydroxylation sites is 1. The van der Waals surface area contributed by atoms with Gasteiger partial charge in [0.05, 0.1) is 12.7 Å². The number of benzene rings is 2. The van der Waals surface area contributed by atoms with Crippen LogP contribution in [0.15, 0.2) is 59.1 Å². The zero-order valence-corrected chi connectivity index (χ0v) is 14.6.